The minimum Gasteiger partial charge on any atom is -0.309 e. The smallest absolute Gasteiger partial charge is 0.0386 e. The van der Waals surface area contributed by atoms with E-state index in [2.05, 4.69) is 41.5 Å². The molecule has 2 unspecified atom stereocenters. The maximum atomic E-state index is 3.78. The quantitative estimate of drug-likeness (QED) is 0.891. The molecule has 2 aliphatic rings. The lowest BCUT2D eigenvalue weighted by Gasteiger charge is -2.17. The molecular formula is C17H28N2S. The van der Waals surface area contributed by atoms with E-state index >= 15 is 0 Å². The molecular weight excluding hydrogens is 264 g/mol. The monoisotopic (exact) mass is 292 g/mol. The molecule has 112 valence electrons. The van der Waals surface area contributed by atoms with Crippen molar-refractivity contribution in [3.8, 4) is 0 Å². The third-order valence-electron chi connectivity index (χ3n) is 4.97. The summed E-state index contributed by atoms with van der Waals surface area (Å²) < 4.78 is 0. The predicted octanol–water partition coefficient (Wildman–Crippen LogP) is 3.62. The first-order chi connectivity index (χ1) is 9.76. The molecule has 0 bridgehead atoms. The van der Waals surface area contributed by atoms with Gasteiger partial charge in [-0.3, -0.25) is 0 Å². The van der Waals surface area contributed by atoms with Gasteiger partial charge in [0.05, 0.1) is 0 Å². The molecule has 0 spiro atoms. The standard InChI is InChI=1S/C17H28N2S/c1-3-19-9-8-14(12-19)11-18-13(2)17-10-15-6-4-5-7-16(15)20-17/h10,13-14,18H,3-9,11-12H2,1-2H3. The van der Waals surface area contributed by atoms with Gasteiger partial charge in [0.1, 0.15) is 0 Å². The van der Waals surface area contributed by atoms with Crippen molar-refractivity contribution in [1.29, 1.82) is 0 Å². The van der Waals surface area contributed by atoms with Crippen LogP contribution in [0.1, 0.15) is 54.5 Å². The molecule has 1 N–H and O–H groups in total. The normalized spacial score (nSPS) is 24.8. The zero-order valence-corrected chi connectivity index (χ0v) is 13.8. The van der Waals surface area contributed by atoms with Gasteiger partial charge in [-0.05, 0) is 76.2 Å². The molecule has 1 aromatic heterocycles. The highest BCUT2D eigenvalue weighted by Crippen LogP contribution is 2.32. The number of nitrogens with one attached hydrogen (secondary N) is 1. The fraction of sp³-hybridized carbons (Fsp3) is 0.765. The molecule has 0 radical (unpaired) electrons. The fourth-order valence-corrected chi connectivity index (χ4v) is 4.82. The third-order valence-corrected chi connectivity index (χ3v) is 6.39. The van der Waals surface area contributed by atoms with Gasteiger partial charge < -0.3 is 10.2 Å². The SMILES string of the molecule is CCN1CCC(CNC(C)c2cc3c(s2)CCCC3)C1. The summed E-state index contributed by atoms with van der Waals surface area (Å²) in [5.41, 5.74) is 1.64. The van der Waals surface area contributed by atoms with Crippen LogP contribution in [-0.2, 0) is 12.8 Å². The van der Waals surface area contributed by atoms with Crippen LogP contribution in [0.15, 0.2) is 6.07 Å². The van der Waals surface area contributed by atoms with Gasteiger partial charge in [-0.1, -0.05) is 6.92 Å². The summed E-state index contributed by atoms with van der Waals surface area (Å²) in [5.74, 6) is 0.854. The Labute approximate surface area is 127 Å². The molecule has 2 nitrogen and oxygen atoms in total. The highest BCUT2D eigenvalue weighted by molar-refractivity contribution is 7.12. The van der Waals surface area contributed by atoms with Crippen molar-refractivity contribution in [2.75, 3.05) is 26.2 Å². The van der Waals surface area contributed by atoms with Gasteiger partial charge in [-0.2, -0.15) is 0 Å². The van der Waals surface area contributed by atoms with Crippen LogP contribution in [0.25, 0.3) is 0 Å². The number of hydrogen-bond acceptors (Lipinski definition) is 3. The predicted molar refractivity (Wildman–Crippen MR) is 87.6 cm³/mol. The van der Waals surface area contributed by atoms with Gasteiger partial charge in [0.2, 0.25) is 0 Å². The van der Waals surface area contributed by atoms with E-state index in [1.165, 1.54) is 58.3 Å². The van der Waals surface area contributed by atoms with Crippen LogP contribution in [-0.4, -0.2) is 31.1 Å². The second-order valence-corrected chi connectivity index (χ2v) is 7.65. The van der Waals surface area contributed by atoms with Gasteiger partial charge in [0, 0.05) is 22.3 Å². The molecule has 1 saturated heterocycles. The fourth-order valence-electron chi connectivity index (χ4n) is 3.54. The molecule has 0 saturated carbocycles. The molecule has 2 heterocycles. The number of hydrogen-bond donors (Lipinski definition) is 1. The Morgan fingerprint density at radius 1 is 1.40 bits per heavy atom. The molecule has 3 heteroatoms. The maximum Gasteiger partial charge on any atom is 0.0386 e. The van der Waals surface area contributed by atoms with Crippen LogP contribution in [0.4, 0.5) is 0 Å². The van der Waals surface area contributed by atoms with E-state index in [-0.39, 0.29) is 0 Å². The van der Waals surface area contributed by atoms with Crippen LogP contribution < -0.4 is 5.32 Å². The highest BCUT2D eigenvalue weighted by atomic mass is 32.1. The molecule has 20 heavy (non-hydrogen) atoms. The Morgan fingerprint density at radius 2 is 2.25 bits per heavy atom. The van der Waals surface area contributed by atoms with E-state index in [9.17, 15) is 0 Å². The molecule has 3 rings (SSSR count). The minimum atomic E-state index is 0.529. The van der Waals surface area contributed by atoms with Gasteiger partial charge in [0.15, 0.2) is 0 Å². The Kier molecular flexibility index (Phi) is 4.79. The molecule has 2 atom stereocenters. The van der Waals surface area contributed by atoms with Crippen molar-refractivity contribution in [1.82, 2.24) is 10.2 Å². The second kappa shape index (κ2) is 6.59. The summed E-state index contributed by atoms with van der Waals surface area (Å²) in [5, 5.41) is 3.78. The van der Waals surface area contributed by atoms with Gasteiger partial charge in [-0.25, -0.2) is 0 Å². The Balaban J connectivity index is 1.51. The van der Waals surface area contributed by atoms with Crippen molar-refractivity contribution in [2.45, 2.75) is 52.0 Å². The van der Waals surface area contributed by atoms with Crippen molar-refractivity contribution < 1.29 is 0 Å². The minimum absolute atomic E-state index is 0.529. The van der Waals surface area contributed by atoms with E-state index in [1.54, 1.807) is 15.3 Å². The summed E-state index contributed by atoms with van der Waals surface area (Å²) in [6.07, 6.45) is 6.78. The average molecular weight is 292 g/mol. The molecule has 1 fully saturated rings. The Morgan fingerprint density at radius 3 is 3.00 bits per heavy atom. The zero-order chi connectivity index (χ0) is 13.9. The third kappa shape index (κ3) is 3.26. The summed E-state index contributed by atoms with van der Waals surface area (Å²) in [6.45, 7) is 9.59. The maximum absolute atomic E-state index is 3.78. The first-order valence-corrected chi connectivity index (χ1v) is 9.15. The lowest BCUT2D eigenvalue weighted by molar-refractivity contribution is 0.336. The van der Waals surface area contributed by atoms with Gasteiger partial charge in [0.25, 0.3) is 0 Å². The average Bonchev–Trinajstić information content (AvgIpc) is 3.10. The van der Waals surface area contributed by atoms with Crippen LogP contribution in [0.5, 0.6) is 0 Å². The van der Waals surface area contributed by atoms with Crippen molar-refractivity contribution in [3.63, 3.8) is 0 Å². The largest absolute Gasteiger partial charge is 0.309 e. The molecule has 0 aromatic carbocycles. The van der Waals surface area contributed by atoms with Gasteiger partial charge in [-0.15, -0.1) is 11.3 Å². The van der Waals surface area contributed by atoms with Crippen molar-refractivity contribution in [3.05, 3.63) is 21.4 Å². The van der Waals surface area contributed by atoms with E-state index in [0.29, 0.717) is 6.04 Å². The number of nitrogens with zero attached hydrogens (tertiary/aromatic N) is 1. The lowest BCUT2D eigenvalue weighted by atomic mass is 9.99. The number of aryl methyl sites for hydroxylation is 2. The second-order valence-electron chi connectivity index (χ2n) is 6.48. The summed E-state index contributed by atoms with van der Waals surface area (Å²) in [4.78, 5) is 5.79. The summed E-state index contributed by atoms with van der Waals surface area (Å²) in [6, 6.07) is 3.00. The van der Waals surface area contributed by atoms with Crippen LogP contribution in [0.3, 0.4) is 0 Å². The number of fused-ring (bicyclic) bond motifs is 1. The topological polar surface area (TPSA) is 15.3 Å². The summed E-state index contributed by atoms with van der Waals surface area (Å²) in [7, 11) is 0. The van der Waals surface area contributed by atoms with E-state index in [4.69, 9.17) is 0 Å². The molecule has 0 amide bonds. The molecule has 1 aliphatic heterocycles. The number of likely N-dealkylation sites (tertiary alicyclic amines) is 1. The van der Waals surface area contributed by atoms with E-state index < -0.39 is 0 Å². The van der Waals surface area contributed by atoms with Crippen LogP contribution in [0, 0.1) is 5.92 Å². The van der Waals surface area contributed by atoms with Crippen LogP contribution in [0.2, 0.25) is 0 Å². The first kappa shape index (κ1) is 14.6. The van der Waals surface area contributed by atoms with E-state index in [1.807, 2.05) is 0 Å². The number of rotatable bonds is 5. The first-order valence-electron chi connectivity index (χ1n) is 8.33. The molecule has 1 aromatic rings. The summed E-state index contributed by atoms with van der Waals surface area (Å²) >= 11 is 2.06. The van der Waals surface area contributed by atoms with Crippen molar-refractivity contribution >= 4 is 11.3 Å². The lowest BCUT2D eigenvalue weighted by Crippen LogP contribution is -2.28. The van der Waals surface area contributed by atoms with Gasteiger partial charge >= 0.3 is 0 Å². The van der Waals surface area contributed by atoms with Crippen LogP contribution >= 0.6 is 11.3 Å². The number of thiophene rings is 1. The molecule has 1 aliphatic carbocycles. The van der Waals surface area contributed by atoms with E-state index in [0.717, 1.165) is 5.92 Å². The highest BCUT2D eigenvalue weighted by Gasteiger charge is 2.22. The Bertz CT molecular complexity index is 417. The zero-order valence-electron chi connectivity index (χ0n) is 13.0. The Hall–Kier alpha value is -0.380. The van der Waals surface area contributed by atoms with Crippen molar-refractivity contribution in [2.24, 2.45) is 5.92 Å².